The number of amides is 2. The summed E-state index contributed by atoms with van der Waals surface area (Å²) in [5.74, 6) is 0.132. The molecule has 138 valence electrons. The number of carbonyl (C=O) groups excluding carboxylic acids is 2. The molecule has 0 radical (unpaired) electrons. The fourth-order valence-electron chi connectivity index (χ4n) is 3.40. The Balaban J connectivity index is 1.89. The van der Waals surface area contributed by atoms with Gasteiger partial charge in [-0.1, -0.05) is 49.8 Å². The summed E-state index contributed by atoms with van der Waals surface area (Å²) in [5.41, 5.74) is 6.99. The Morgan fingerprint density at radius 2 is 1.96 bits per heavy atom. The highest BCUT2D eigenvalue weighted by atomic mass is 35.5. The Morgan fingerprint density at radius 3 is 2.64 bits per heavy atom. The molecule has 1 saturated carbocycles. The van der Waals surface area contributed by atoms with E-state index in [0.717, 1.165) is 18.5 Å². The van der Waals surface area contributed by atoms with E-state index in [9.17, 15) is 9.59 Å². The number of nitrogens with one attached hydrogen (secondary N) is 1. The van der Waals surface area contributed by atoms with E-state index < -0.39 is 5.91 Å². The average molecular weight is 366 g/mol. The van der Waals surface area contributed by atoms with Gasteiger partial charge in [-0.15, -0.1) is 0 Å². The molecule has 5 nitrogen and oxygen atoms in total. The summed E-state index contributed by atoms with van der Waals surface area (Å²) in [5, 5.41) is 3.45. The van der Waals surface area contributed by atoms with Crippen molar-refractivity contribution in [3.63, 3.8) is 0 Å². The number of benzene rings is 1. The van der Waals surface area contributed by atoms with E-state index in [2.05, 4.69) is 5.32 Å². The zero-order valence-corrected chi connectivity index (χ0v) is 15.6. The smallest absolute Gasteiger partial charge is 0.238 e. The van der Waals surface area contributed by atoms with Crippen molar-refractivity contribution in [2.45, 2.75) is 45.4 Å². The maximum Gasteiger partial charge on any atom is 0.238 e. The maximum absolute atomic E-state index is 12.4. The summed E-state index contributed by atoms with van der Waals surface area (Å²) >= 11 is 5.99. The van der Waals surface area contributed by atoms with Gasteiger partial charge in [0.1, 0.15) is 0 Å². The summed E-state index contributed by atoms with van der Waals surface area (Å²) in [7, 11) is 0. The highest BCUT2D eigenvalue weighted by Crippen LogP contribution is 2.26. The molecule has 3 N–H and O–H groups in total. The van der Waals surface area contributed by atoms with Crippen molar-refractivity contribution >= 4 is 29.1 Å². The Labute approximate surface area is 154 Å². The molecule has 0 unspecified atom stereocenters. The van der Waals surface area contributed by atoms with E-state index in [0.29, 0.717) is 16.6 Å². The molecule has 0 atom stereocenters. The van der Waals surface area contributed by atoms with E-state index >= 15 is 0 Å². The molecule has 2 rings (SSSR count). The standard InChI is InChI=1S/C19H28ClN3O2/c1-14-7-8-16(20)11-17(14)22-19(25)13-23(12-18(21)24)10-9-15-5-3-2-4-6-15/h7-8,11,15H,2-6,9-10,12-13H2,1H3,(H2,21,24)(H,22,25). The third-order valence-electron chi connectivity index (χ3n) is 4.80. The number of rotatable bonds is 8. The van der Waals surface area contributed by atoms with Gasteiger partial charge in [0, 0.05) is 10.7 Å². The van der Waals surface area contributed by atoms with Gasteiger partial charge < -0.3 is 11.1 Å². The van der Waals surface area contributed by atoms with Crippen LogP contribution in [0.1, 0.15) is 44.1 Å². The van der Waals surface area contributed by atoms with Gasteiger partial charge in [0.25, 0.3) is 0 Å². The number of hydrogen-bond acceptors (Lipinski definition) is 3. The lowest BCUT2D eigenvalue weighted by Gasteiger charge is -2.26. The van der Waals surface area contributed by atoms with Crippen molar-refractivity contribution in [1.29, 1.82) is 0 Å². The second kappa shape index (κ2) is 9.78. The van der Waals surface area contributed by atoms with Gasteiger partial charge in [0.05, 0.1) is 13.1 Å². The normalized spacial score (nSPS) is 15.3. The molecule has 1 aliphatic carbocycles. The van der Waals surface area contributed by atoms with Gasteiger partial charge in [0.15, 0.2) is 0 Å². The van der Waals surface area contributed by atoms with Gasteiger partial charge in [0.2, 0.25) is 11.8 Å². The van der Waals surface area contributed by atoms with Crippen LogP contribution in [-0.4, -0.2) is 36.3 Å². The largest absolute Gasteiger partial charge is 0.369 e. The molecule has 0 spiro atoms. The van der Waals surface area contributed by atoms with Crippen molar-refractivity contribution < 1.29 is 9.59 Å². The van der Waals surface area contributed by atoms with Crippen LogP contribution in [0.4, 0.5) is 5.69 Å². The predicted octanol–water partition coefficient (Wildman–Crippen LogP) is 3.34. The minimum atomic E-state index is -0.407. The van der Waals surface area contributed by atoms with Crippen LogP contribution in [0.25, 0.3) is 0 Å². The van der Waals surface area contributed by atoms with E-state index in [1.54, 1.807) is 12.1 Å². The SMILES string of the molecule is Cc1ccc(Cl)cc1NC(=O)CN(CCC1CCCCC1)CC(N)=O. The first-order chi connectivity index (χ1) is 11.9. The molecule has 1 aromatic carbocycles. The predicted molar refractivity (Wildman–Crippen MR) is 102 cm³/mol. The van der Waals surface area contributed by atoms with Crippen LogP contribution >= 0.6 is 11.6 Å². The van der Waals surface area contributed by atoms with Crippen LogP contribution in [0.5, 0.6) is 0 Å². The van der Waals surface area contributed by atoms with Crippen molar-refractivity contribution in [3.05, 3.63) is 28.8 Å². The number of nitrogens with two attached hydrogens (primary N) is 1. The fraction of sp³-hybridized carbons (Fsp3) is 0.579. The molecule has 0 aliphatic heterocycles. The van der Waals surface area contributed by atoms with Gasteiger partial charge in [-0.2, -0.15) is 0 Å². The monoisotopic (exact) mass is 365 g/mol. The van der Waals surface area contributed by atoms with E-state index in [4.69, 9.17) is 17.3 Å². The zero-order chi connectivity index (χ0) is 18.2. The zero-order valence-electron chi connectivity index (χ0n) is 14.9. The van der Waals surface area contributed by atoms with Crippen molar-refractivity contribution in [1.82, 2.24) is 4.90 Å². The highest BCUT2D eigenvalue weighted by molar-refractivity contribution is 6.31. The number of anilines is 1. The van der Waals surface area contributed by atoms with Crippen LogP contribution in [0.15, 0.2) is 18.2 Å². The second-order valence-corrected chi connectivity index (χ2v) is 7.41. The molecular formula is C19H28ClN3O2. The van der Waals surface area contributed by atoms with Gasteiger partial charge in [-0.25, -0.2) is 0 Å². The summed E-state index contributed by atoms with van der Waals surface area (Å²) in [6.45, 7) is 2.89. The average Bonchev–Trinajstić information content (AvgIpc) is 2.56. The number of hydrogen-bond donors (Lipinski definition) is 2. The Hall–Kier alpha value is -1.59. The molecule has 1 fully saturated rings. The lowest BCUT2D eigenvalue weighted by molar-refractivity contribution is -0.121. The molecule has 0 saturated heterocycles. The van der Waals surface area contributed by atoms with Crippen molar-refractivity contribution in [2.75, 3.05) is 25.0 Å². The van der Waals surface area contributed by atoms with E-state index in [1.165, 1.54) is 32.1 Å². The molecule has 2 amide bonds. The number of halogens is 1. The van der Waals surface area contributed by atoms with Crippen LogP contribution in [0, 0.1) is 12.8 Å². The minimum absolute atomic E-state index is 0.106. The van der Waals surface area contributed by atoms with Gasteiger partial charge in [-0.3, -0.25) is 14.5 Å². The maximum atomic E-state index is 12.4. The quantitative estimate of drug-likeness (QED) is 0.741. The second-order valence-electron chi connectivity index (χ2n) is 6.98. The number of nitrogens with zero attached hydrogens (tertiary/aromatic N) is 1. The first-order valence-electron chi connectivity index (χ1n) is 9.00. The van der Waals surface area contributed by atoms with Crippen LogP contribution in [-0.2, 0) is 9.59 Å². The molecular weight excluding hydrogens is 338 g/mol. The van der Waals surface area contributed by atoms with Crippen LogP contribution in [0.3, 0.4) is 0 Å². The summed E-state index contributed by atoms with van der Waals surface area (Å²) in [6, 6.07) is 5.38. The van der Waals surface area contributed by atoms with Gasteiger partial charge in [-0.05, 0) is 43.5 Å². The lowest BCUT2D eigenvalue weighted by atomic mass is 9.87. The Bertz CT molecular complexity index is 600. The first-order valence-corrected chi connectivity index (χ1v) is 9.38. The summed E-state index contributed by atoms with van der Waals surface area (Å²) in [4.78, 5) is 25.5. The molecule has 1 aliphatic rings. The van der Waals surface area contributed by atoms with Crippen molar-refractivity contribution in [3.8, 4) is 0 Å². The molecule has 6 heteroatoms. The number of primary amides is 1. The molecule has 0 aromatic heterocycles. The molecule has 25 heavy (non-hydrogen) atoms. The lowest BCUT2D eigenvalue weighted by Crippen LogP contribution is -2.40. The number of carbonyl (C=O) groups is 2. The molecule has 0 bridgehead atoms. The third-order valence-corrected chi connectivity index (χ3v) is 5.03. The van der Waals surface area contributed by atoms with E-state index in [1.807, 2.05) is 17.9 Å². The topological polar surface area (TPSA) is 75.4 Å². The Morgan fingerprint density at radius 1 is 1.24 bits per heavy atom. The van der Waals surface area contributed by atoms with E-state index in [-0.39, 0.29) is 19.0 Å². The number of aryl methyl sites for hydroxylation is 1. The first kappa shape index (κ1) is 19.7. The Kier molecular flexibility index (Phi) is 7.72. The molecule has 0 heterocycles. The molecule has 1 aromatic rings. The van der Waals surface area contributed by atoms with Crippen LogP contribution < -0.4 is 11.1 Å². The minimum Gasteiger partial charge on any atom is -0.369 e. The summed E-state index contributed by atoms with van der Waals surface area (Å²) < 4.78 is 0. The van der Waals surface area contributed by atoms with Crippen molar-refractivity contribution in [2.24, 2.45) is 11.7 Å². The third kappa shape index (κ3) is 7.04. The fourth-order valence-corrected chi connectivity index (χ4v) is 3.57. The van der Waals surface area contributed by atoms with Gasteiger partial charge >= 0.3 is 0 Å². The van der Waals surface area contributed by atoms with Crippen LogP contribution in [0.2, 0.25) is 5.02 Å². The highest BCUT2D eigenvalue weighted by Gasteiger charge is 2.18. The summed E-state index contributed by atoms with van der Waals surface area (Å²) in [6.07, 6.45) is 7.40.